The van der Waals surface area contributed by atoms with Crippen LogP contribution in [0.3, 0.4) is 0 Å². The molecule has 110 valence electrons. The summed E-state index contributed by atoms with van der Waals surface area (Å²) in [4.78, 5) is 18.7. The molecule has 5 heteroatoms. The predicted octanol–water partition coefficient (Wildman–Crippen LogP) is 2.00. The van der Waals surface area contributed by atoms with Crippen molar-refractivity contribution in [2.75, 3.05) is 30.9 Å². The number of rotatable bonds is 4. The molecule has 1 aliphatic carbocycles. The maximum atomic E-state index is 12.7. The van der Waals surface area contributed by atoms with Crippen LogP contribution in [0.5, 0.6) is 0 Å². The molecule has 0 aliphatic heterocycles. The fourth-order valence-corrected chi connectivity index (χ4v) is 2.88. The lowest BCUT2D eigenvalue weighted by Gasteiger charge is -2.35. The smallest absolute Gasteiger partial charge is 0.231 e. The highest BCUT2D eigenvalue weighted by molar-refractivity contribution is 5.98. The number of nitrogens with two attached hydrogens (primary N) is 1. The van der Waals surface area contributed by atoms with Gasteiger partial charge in [0, 0.05) is 26.8 Å². The Kier molecular flexibility index (Phi) is 4.60. The molecule has 0 unspecified atom stereocenters. The molecule has 1 aromatic rings. The highest BCUT2D eigenvalue weighted by atomic mass is 16.2. The van der Waals surface area contributed by atoms with E-state index in [1.54, 1.807) is 12.4 Å². The Hall–Kier alpha value is -1.62. The highest BCUT2D eigenvalue weighted by Gasteiger charge is 2.38. The van der Waals surface area contributed by atoms with Gasteiger partial charge in [-0.05, 0) is 18.9 Å². The van der Waals surface area contributed by atoms with Gasteiger partial charge >= 0.3 is 0 Å². The van der Waals surface area contributed by atoms with E-state index >= 15 is 0 Å². The maximum absolute atomic E-state index is 12.7. The molecule has 0 saturated heterocycles. The molecular formula is C15H24N4O. The van der Waals surface area contributed by atoms with Crippen LogP contribution in [0, 0.1) is 5.41 Å². The second-order valence-electron chi connectivity index (χ2n) is 5.79. The molecule has 3 N–H and O–H groups in total. The van der Waals surface area contributed by atoms with Gasteiger partial charge in [0.25, 0.3) is 0 Å². The number of carbonyl (C=O) groups is 1. The first-order valence-electron chi connectivity index (χ1n) is 7.22. The third-order valence-corrected chi connectivity index (χ3v) is 4.21. The number of hydrogen-bond donors (Lipinski definition) is 2. The van der Waals surface area contributed by atoms with Crippen molar-refractivity contribution >= 4 is 17.3 Å². The van der Waals surface area contributed by atoms with Crippen molar-refractivity contribution in [2.24, 2.45) is 11.1 Å². The number of nitrogens with zero attached hydrogens (tertiary/aromatic N) is 2. The standard InChI is InChI=1S/C15H24N4O/c1-19(2)13-6-9-17-10-12(13)18-14(20)15(11-16)7-4-3-5-8-15/h6,9-10H,3-5,7-8,11,16H2,1-2H3,(H,18,20). The van der Waals surface area contributed by atoms with E-state index in [4.69, 9.17) is 5.73 Å². The van der Waals surface area contributed by atoms with Crippen molar-refractivity contribution in [3.05, 3.63) is 18.5 Å². The number of nitrogens with one attached hydrogen (secondary N) is 1. The van der Waals surface area contributed by atoms with Gasteiger partial charge in [0.15, 0.2) is 0 Å². The van der Waals surface area contributed by atoms with Crippen LogP contribution in [0.4, 0.5) is 11.4 Å². The van der Waals surface area contributed by atoms with Gasteiger partial charge < -0.3 is 16.0 Å². The van der Waals surface area contributed by atoms with Crippen molar-refractivity contribution in [1.29, 1.82) is 0 Å². The summed E-state index contributed by atoms with van der Waals surface area (Å²) in [6.07, 6.45) is 8.55. The molecule has 1 saturated carbocycles. The van der Waals surface area contributed by atoms with E-state index in [0.29, 0.717) is 6.54 Å². The van der Waals surface area contributed by atoms with E-state index in [9.17, 15) is 4.79 Å². The second kappa shape index (κ2) is 6.22. The summed E-state index contributed by atoms with van der Waals surface area (Å²) in [5.41, 5.74) is 7.20. The normalized spacial score (nSPS) is 17.6. The van der Waals surface area contributed by atoms with Crippen molar-refractivity contribution < 1.29 is 4.79 Å². The van der Waals surface area contributed by atoms with E-state index in [1.165, 1.54) is 6.42 Å². The first kappa shape index (κ1) is 14.8. The Morgan fingerprint density at radius 1 is 1.40 bits per heavy atom. The monoisotopic (exact) mass is 276 g/mol. The molecule has 0 atom stereocenters. The lowest BCUT2D eigenvalue weighted by Crippen LogP contribution is -2.44. The lowest BCUT2D eigenvalue weighted by molar-refractivity contribution is -0.126. The van der Waals surface area contributed by atoms with Gasteiger partial charge in [-0.15, -0.1) is 0 Å². The van der Waals surface area contributed by atoms with Crippen LogP contribution >= 0.6 is 0 Å². The quantitative estimate of drug-likeness (QED) is 0.882. The number of carbonyl (C=O) groups excluding carboxylic acids is 1. The van der Waals surface area contributed by atoms with Crippen LogP contribution in [-0.4, -0.2) is 31.5 Å². The zero-order valence-electron chi connectivity index (χ0n) is 12.4. The molecule has 20 heavy (non-hydrogen) atoms. The Balaban J connectivity index is 2.18. The predicted molar refractivity (Wildman–Crippen MR) is 81.8 cm³/mol. The van der Waals surface area contributed by atoms with Crippen LogP contribution < -0.4 is 16.0 Å². The Morgan fingerprint density at radius 2 is 2.10 bits per heavy atom. The van der Waals surface area contributed by atoms with Gasteiger partial charge in [0.2, 0.25) is 5.91 Å². The molecule has 0 aromatic carbocycles. The molecule has 1 fully saturated rings. The summed E-state index contributed by atoms with van der Waals surface area (Å²) in [7, 11) is 3.90. The fraction of sp³-hybridized carbons (Fsp3) is 0.600. The zero-order chi connectivity index (χ0) is 14.6. The summed E-state index contributed by atoms with van der Waals surface area (Å²) in [5.74, 6) is 0.0378. The number of hydrogen-bond acceptors (Lipinski definition) is 4. The molecule has 1 amide bonds. The highest BCUT2D eigenvalue weighted by Crippen LogP contribution is 2.37. The SMILES string of the molecule is CN(C)c1ccncc1NC(=O)C1(CN)CCCCC1. The van der Waals surface area contributed by atoms with E-state index in [-0.39, 0.29) is 5.91 Å². The van der Waals surface area contributed by atoms with Gasteiger partial charge in [-0.25, -0.2) is 0 Å². The van der Waals surface area contributed by atoms with E-state index in [1.807, 2.05) is 25.1 Å². The van der Waals surface area contributed by atoms with Gasteiger partial charge in [0.1, 0.15) is 0 Å². The van der Waals surface area contributed by atoms with Crippen LogP contribution in [0.25, 0.3) is 0 Å². The van der Waals surface area contributed by atoms with Crippen LogP contribution in [0.15, 0.2) is 18.5 Å². The average Bonchev–Trinajstić information content (AvgIpc) is 2.48. The third-order valence-electron chi connectivity index (χ3n) is 4.21. The molecule has 1 aromatic heterocycles. The second-order valence-corrected chi connectivity index (χ2v) is 5.79. The number of anilines is 2. The Morgan fingerprint density at radius 3 is 2.70 bits per heavy atom. The first-order chi connectivity index (χ1) is 9.59. The largest absolute Gasteiger partial charge is 0.376 e. The minimum atomic E-state index is -0.405. The van der Waals surface area contributed by atoms with Crippen molar-refractivity contribution in [2.45, 2.75) is 32.1 Å². The summed E-state index contributed by atoms with van der Waals surface area (Å²) in [6, 6.07) is 1.89. The molecule has 0 spiro atoms. The summed E-state index contributed by atoms with van der Waals surface area (Å²) >= 11 is 0. The van der Waals surface area contributed by atoms with E-state index < -0.39 is 5.41 Å². The first-order valence-corrected chi connectivity index (χ1v) is 7.22. The summed E-state index contributed by atoms with van der Waals surface area (Å²) in [6.45, 7) is 0.413. The summed E-state index contributed by atoms with van der Waals surface area (Å²) < 4.78 is 0. The average molecular weight is 276 g/mol. The number of amides is 1. The van der Waals surface area contributed by atoms with E-state index in [0.717, 1.165) is 37.1 Å². The topological polar surface area (TPSA) is 71.2 Å². The van der Waals surface area contributed by atoms with Crippen molar-refractivity contribution in [3.63, 3.8) is 0 Å². The van der Waals surface area contributed by atoms with Crippen LogP contribution in [0.2, 0.25) is 0 Å². The number of pyridine rings is 1. The minimum Gasteiger partial charge on any atom is -0.376 e. The Labute approximate surface area is 120 Å². The van der Waals surface area contributed by atoms with Crippen LogP contribution in [-0.2, 0) is 4.79 Å². The van der Waals surface area contributed by atoms with Crippen LogP contribution in [0.1, 0.15) is 32.1 Å². The minimum absolute atomic E-state index is 0.0378. The van der Waals surface area contributed by atoms with Gasteiger partial charge in [-0.2, -0.15) is 0 Å². The van der Waals surface area contributed by atoms with Gasteiger partial charge in [-0.3, -0.25) is 9.78 Å². The molecule has 0 radical (unpaired) electrons. The fourth-order valence-electron chi connectivity index (χ4n) is 2.88. The molecule has 5 nitrogen and oxygen atoms in total. The molecule has 1 aliphatic rings. The zero-order valence-corrected chi connectivity index (χ0v) is 12.4. The maximum Gasteiger partial charge on any atom is 0.231 e. The van der Waals surface area contributed by atoms with Crippen molar-refractivity contribution in [1.82, 2.24) is 4.98 Å². The molecular weight excluding hydrogens is 252 g/mol. The van der Waals surface area contributed by atoms with Crippen molar-refractivity contribution in [3.8, 4) is 0 Å². The lowest BCUT2D eigenvalue weighted by atomic mass is 9.73. The van der Waals surface area contributed by atoms with Gasteiger partial charge in [-0.1, -0.05) is 19.3 Å². The molecule has 0 bridgehead atoms. The molecule has 2 rings (SSSR count). The summed E-state index contributed by atoms with van der Waals surface area (Å²) in [5, 5.41) is 3.03. The molecule has 1 heterocycles. The van der Waals surface area contributed by atoms with Gasteiger partial charge in [0.05, 0.1) is 23.0 Å². The van der Waals surface area contributed by atoms with E-state index in [2.05, 4.69) is 10.3 Å². The number of aromatic nitrogens is 1. The third kappa shape index (κ3) is 2.93. The Bertz CT molecular complexity index is 467.